The lowest BCUT2D eigenvalue weighted by Gasteiger charge is -2.27. The van der Waals surface area contributed by atoms with Crippen LogP contribution in [0.1, 0.15) is 36.8 Å². The topological polar surface area (TPSA) is 29.5 Å². The molecule has 2 saturated carbocycles. The monoisotopic (exact) mass is 292 g/mol. The van der Waals surface area contributed by atoms with E-state index in [1.54, 1.807) is 0 Å². The molecule has 0 spiro atoms. The molecule has 4 unspecified atom stereocenters. The summed E-state index contributed by atoms with van der Waals surface area (Å²) in [6.07, 6.45) is 6.64. The van der Waals surface area contributed by atoms with Crippen molar-refractivity contribution in [2.45, 2.75) is 44.6 Å². The molecule has 1 heterocycles. The van der Waals surface area contributed by atoms with Crippen LogP contribution in [0.5, 0.6) is 5.75 Å². The van der Waals surface area contributed by atoms with Gasteiger partial charge in [0.2, 0.25) is 0 Å². The van der Waals surface area contributed by atoms with Gasteiger partial charge in [-0.2, -0.15) is 0 Å². The van der Waals surface area contributed by atoms with Crippen molar-refractivity contribution in [3.63, 3.8) is 0 Å². The van der Waals surface area contributed by atoms with E-state index >= 15 is 0 Å². The molecule has 20 heavy (non-hydrogen) atoms. The third-order valence-corrected chi connectivity index (χ3v) is 5.76. The van der Waals surface area contributed by atoms with Gasteiger partial charge in [0.1, 0.15) is 5.75 Å². The lowest BCUT2D eigenvalue weighted by atomic mass is 9.82. The van der Waals surface area contributed by atoms with Gasteiger partial charge < -0.3 is 9.84 Å². The van der Waals surface area contributed by atoms with Crippen molar-refractivity contribution in [1.29, 1.82) is 0 Å². The standard InChI is InChI=1S/C17H21ClO2/c18-14-7-12-3-4-20-17(12)13(8-14)9-16(19)15-6-10-1-2-11(15)5-10/h7-8,10-11,15-16,19H,1-6,9H2. The first-order valence-corrected chi connectivity index (χ1v) is 8.20. The van der Waals surface area contributed by atoms with Crippen molar-refractivity contribution < 1.29 is 9.84 Å². The molecule has 2 nitrogen and oxygen atoms in total. The summed E-state index contributed by atoms with van der Waals surface area (Å²) in [6, 6.07) is 3.97. The van der Waals surface area contributed by atoms with Crippen molar-refractivity contribution in [2.24, 2.45) is 17.8 Å². The molecule has 108 valence electrons. The number of aliphatic hydroxyl groups excluding tert-OH is 1. The number of aliphatic hydroxyl groups is 1. The Bertz CT molecular complexity index is 528. The molecule has 1 aromatic rings. The van der Waals surface area contributed by atoms with Crippen molar-refractivity contribution in [3.05, 3.63) is 28.3 Å². The van der Waals surface area contributed by atoms with Crippen LogP contribution in [-0.4, -0.2) is 17.8 Å². The summed E-state index contributed by atoms with van der Waals surface area (Å²) in [6.45, 7) is 0.743. The second-order valence-corrected chi connectivity index (χ2v) is 7.20. The van der Waals surface area contributed by atoms with E-state index in [1.165, 1.54) is 31.2 Å². The van der Waals surface area contributed by atoms with Crippen LogP contribution in [0.25, 0.3) is 0 Å². The summed E-state index contributed by atoms with van der Waals surface area (Å²) < 4.78 is 5.74. The third-order valence-electron chi connectivity index (χ3n) is 5.54. The number of benzene rings is 1. The fraction of sp³-hybridized carbons (Fsp3) is 0.647. The number of hydrogen-bond donors (Lipinski definition) is 1. The van der Waals surface area contributed by atoms with E-state index in [2.05, 4.69) is 0 Å². The first kappa shape index (κ1) is 13.0. The fourth-order valence-electron chi connectivity index (χ4n) is 4.64. The molecule has 0 aromatic heterocycles. The molecule has 4 rings (SSSR count). The Morgan fingerprint density at radius 3 is 2.95 bits per heavy atom. The average Bonchev–Trinajstić information content (AvgIpc) is 3.13. The lowest BCUT2D eigenvalue weighted by molar-refractivity contribution is 0.0745. The van der Waals surface area contributed by atoms with Gasteiger partial charge in [-0.25, -0.2) is 0 Å². The highest BCUT2D eigenvalue weighted by Gasteiger charge is 2.42. The third kappa shape index (κ3) is 2.14. The Morgan fingerprint density at radius 1 is 1.30 bits per heavy atom. The summed E-state index contributed by atoms with van der Waals surface area (Å²) in [5.41, 5.74) is 2.30. The molecular formula is C17H21ClO2. The zero-order valence-corrected chi connectivity index (χ0v) is 12.4. The minimum atomic E-state index is -0.239. The van der Waals surface area contributed by atoms with Gasteiger partial charge >= 0.3 is 0 Å². The van der Waals surface area contributed by atoms with Gasteiger partial charge in [-0.05, 0) is 60.3 Å². The van der Waals surface area contributed by atoms with Crippen LogP contribution in [0.2, 0.25) is 5.02 Å². The van der Waals surface area contributed by atoms with Crippen LogP contribution in [0.15, 0.2) is 12.1 Å². The summed E-state index contributed by atoms with van der Waals surface area (Å²) in [5, 5.41) is 11.4. The molecule has 3 heteroatoms. The van der Waals surface area contributed by atoms with E-state index in [4.69, 9.17) is 16.3 Å². The molecule has 0 amide bonds. The SMILES string of the molecule is OC(Cc1cc(Cl)cc2c1OCC2)C1CC2CCC1C2. The largest absolute Gasteiger partial charge is 0.493 e. The zero-order chi connectivity index (χ0) is 13.7. The van der Waals surface area contributed by atoms with Crippen molar-refractivity contribution in [1.82, 2.24) is 0 Å². The van der Waals surface area contributed by atoms with Gasteiger partial charge in [-0.15, -0.1) is 0 Å². The second kappa shape index (κ2) is 4.92. The van der Waals surface area contributed by atoms with Gasteiger partial charge in [0.25, 0.3) is 0 Å². The molecular weight excluding hydrogens is 272 g/mol. The fourth-order valence-corrected chi connectivity index (χ4v) is 4.90. The quantitative estimate of drug-likeness (QED) is 0.922. The van der Waals surface area contributed by atoms with Crippen LogP contribution >= 0.6 is 11.6 Å². The summed E-state index contributed by atoms with van der Waals surface area (Å²) in [7, 11) is 0. The predicted molar refractivity (Wildman–Crippen MR) is 79.3 cm³/mol. The average molecular weight is 293 g/mol. The van der Waals surface area contributed by atoms with E-state index < -0.39 is 0 Å². The number of fused-ring (bicyclic) bond motifs is 3. The smallest absolute Gasteiger partial charge is 0.126 e. The minimum absolute atomic E-state index is 0.239. The molecule has 1 aromatic carbocycles. The van der Waals surface area contributed by atoms with E-state index in [9.17, 15) is 5.11 Å². The first-order chi connectivity index (χ1) is 9.70. The summed E-state index contributed by atoms with van der Waals surface area (Å²) in [4.78, 5) is 0. The van der Waals surface area contributed by atoms with Crippen molar-refractivity contribution >= 4 is 11.6 Å². The molecule has 0 saturated heterocycles. The van der Waals surface area contributed by atoms with Crippen LogP contribution in [0, 0.1) is 17.8 Å². The highest BCUT2D eigenvalue weighted by atomic mass is 35.5. The maximum atomic E-state index is 10.6. The Balaban J connectivity index is 1.54. The molecule has 4 atom stereocenters. The van der Waals surface area contributed by atoms with Gasteiger partial charge in [0.05, 0.1) is 12.7 Å². The Labute approximate surface area is 125 Å². The van der Waals surface area contributed by atoms with Gasteiger partial charge in [0.15, 0.2) is 0 Å². The minimum Gasteiger partial charge on any atom is -0.493 e. The van der Waals surface area contributed by atoms with E-state index in [0.29, 0.717) is 12.3 Å². The van der Waals surface area contributed by atoms with Crippen LogP contribution in [0.3, 0.4) is 0 Å². The van der Waals surface area contributed by atoms with E-state index in [0.717, 1.165) is 41.2 Å². The highest BCUT2D eigenvalue weighted by molar-refractivity contribution is 6.30. The molecule has 3 aliphatic rings. The highest BCUT2D eigenvalue weighted by Crippen LogP contribution is 2.50. The van der Waals surface area contributed by atoms with Gasteiger partial charge in [0, 0.05) is 17.9 Å². The van der Waals surface area contributed by atoms with E-state index in [1.807, 2.05) is 12.1 Å². The lowest BCUT2D eigenvalue weighted by Crippen LogP contribution is -2.27. The Kier molecular flexibility index (Phi) is 3.19. The van der Waals surface area contributed by atoms with Crippen LogP contribution in [-0.2, 0) is 12.8 Å². The summed E-state index contributed by atoms with van der Waals surface area (Å²) in [5.74, 6) is 3.10. The predicted octanol–water partition coefficient (Wildman–Crippen LogP) is 3.61. The number of ether oxygens (including phenoxy) is 1. The van der Waals surface area contributed by atoms with Crippen molar-refractivity contribution in [3.8, 4) is 5.75 Å². The number of rotatable bonds is 3. The Hall–Kier alpha value is -0.730. The second-order valence-electron chi connectivity index (χ2n) is 6.76. The molecule has 0 radical (unpaired) electrons. The first-order valence-electron chi connectivity index (χ1n) is 7.83. The number of hydrogen-bond acceptors (Lipinski definition) is 2. The number of halogens is 1. The van der Waals surface area contributed by atoms with Gasteiger partial charge in [-0.1, -0.05) is 18.0 Å². The molecule has 1 N–H and O–H groups in total. The Morgan fingerprint density at radius 2 is 2.20 bits per heavy atom. The molecule has 2 fully saturated rings. The molecule has 2 bridgehead atoms. The zero-order valence-electron chi connectivity index (χ0n) is 11.6. The maximum Gasteiger partial charge on any atom is 0.126 e. The van der Waals surface area contributed by atoms with Crippen LogP contribution < -0.4 is 4.74 Å². The van der Waals surface area contributed by atoms with Gasteiger partial charge in [-0.3, -0.25) is 0 Å². The van der Waals surface area contributed by atoms with Crippen LogP contribution in [0.4, 0.5) is 0 Å². The summed E-state index contributed by atoms with van der Waals surface area (Å²) >= 11 is 6.20. The molecule has 1 aliphatic heterocycles. The van der Waals surface area contributed by atoms with E-state index in [-0.39, 0.29) is 6.10 Å². The normalized spacial score (nSPS) is 32.2. The van der Waals surface area contributed by atoms with Crippen molar-refractivity contribution in [2.75, 3.05) is 6.61 Å². The molecule has 2 aliphatic carbocycles. The maximum absolute atomic E-state index is 10.6.